The van der Waals surface area contributed by atoms with Crippen LogP contribution in [0.5, 0.6) is 5.75 Å². The molecule has 2 heterocycles. The summed E-state index contributed by atoms with van der Waals surface area (Å²) in [6, 6.07) is 12.5. The summed E-state index contributed by atoms with van der Waals surface area (Å²) in [5, 5.41) is 13.1. The van der Waals surface area contributed by atoms with E-state index in [9.17, 15) is 5.11 Å². The topological polar surface area (TPSA) is 35.9 Å². The van der Waals surface area contributed by atoms with E-state index in [1.165, 1.54) is 4.88 Å². The van der Waals surface area contributed by atoms with Crippen LogP contribution >= 0.6 is 45.3 Å². The third-order valence-electron chi connectivity index (χ3n) is 5.31. The normalized spacial score (nSPS) is 16.0. The summed E-state index contributed by atoms with van der Waals surface area (Å²) in [5.41, 5.74) is 0.616. The van der Waals surface area contributed by atoms with Gasteiger partial charge < -0.3 is 14.7 Å². The number of benzene rings is 1. The largest absolute Gasteiger partial charge is 0.491 e. The molecular weight excluding hydrogens is 516 g/mol. The smallest absolute Gasteiger partial charge is 0.119 e. The first-order chi connectivity index (χ1) is 12.9. The standard InChI is InChI=1S/C22H32N2O2S.2BrH/c1-18(2)26-20-8-6-19(7-9-20)23(3)13-10-22(25)11-14-24(15-12-22)17-21-5-4-16-27-21;;/h4-9,16,18,25H,10-15,17H2,1-3H3;2*1H. The minimum atomic E-state index is -0.541. The first-order valence-corrected chi connectivity index (χ1v) is 10.8. The van der Waals surface area contributed by atoms with Crippen LogP contribution in [-0.2, 0) is 6.54 Å². The van der Waals surface area contributed by atoms with Gasteiger partial charge in [-0.15, -0.1) is 45.3 Å². The lowest BCUT2D eigenvalue weighted by atomic mass is 9.88. The maximum Gasteiger partial charge on any atom is 0.119 e. The zero-order valence-corrected chi connectivity index (χ0v) is 21.8. The lowest BCUT2D eigenvalue weighted by Crippen LogP contribution is -2.45. The number of anilines is 1. The fourth-order valence-corrected chi connectivity index (χ4v) is 4.30. The SMILES string of the molecule is Br.Br.CC(C)Oc1ccc(N(C)CCC2(O)CCN(Cc3cccs3)CC2)cc1. The Morgan fingerprint density at radius 1 is 1.14 bits per heavy atom. The summed E-state index contributed by atoms with van der Waals surface area (Å²) in [6.07, 6.45) is 2.70. The van der Waals surface area contributed by atoms with E-state index in [0.717, 1.165) is 56.9 Å². The Morgan fingerprint density at radius 2 is 1.79 bits per heavy atom. The van der Waals surface area contributed by atoms with E-state index in [1.807, 2.05) is 37.3 Å². The Kier molecular flexibility index (Phi) is 11.2. The van der Waals surface area contributed by atoms with E-state index >= 15 is 0 Å². The van der Waals surface area contributed by atoms with Gasteiger partial charge in [-0.3, -0.25) is 4.90 Å². The van der Waals surface area contributed by atoms with Crippen molar-refractivity contribution < 1.29 is 9.84 Å². The van der Waals surface area contributed by atoms with Gasteiger partial charge in [0.1, 0.15) is 5.75 Å². The molecule has 0 unspecified atom stereocenters. The molecule has 164 valence electrons. The van der Waals surface area contributed by atoms with E-state index in [4.69, 9.17) is 4.74 Å². The van der Waals surface area contributed by atoms with Crippen molar-refractivity contribution in [2.45, 2.75) is 51.4 Å². The number of ether oxygens (including phenoxy) is 1. The van der Waals surface area contributed by atoms with Crippen LogP contribution in [0.15, 0.2) is 41.8 Å². The molecule has 1 aliphatic heterocycles. The van der Waals surface area contributed by atoms with Crippen molar-refractivity contribution >= 4 is 51.0 Å². The molecule has 0 spiro atoms. The second-order valence-electron chi connectivity index (χ2n) is 7.91. The Balaban J connectivity index is 0.00000210. The van der Waals surface area contributed by atoms with Gasteiger partial charge in [0.05, 0.1) is 11.7 Å². The Labute approximate surface area is 200 Å². The van der Waals surface area contributed by atoms with Crippen LogP contribution < -0.4 is 9.64 Å². The Hall–Kier alpha value is -0.600. The molecule has 1 fully saturated rings. The third kappa shape index (κ3) is 8.21. The first kappa shape index (κ1) is 26.4. The molecule has 1 N–H and O–H groups in total. The second kappa shape index (κ2) is 12.3. The molecule has 0 radical (unpaired) electrons. The fraction of sp³-hybridized carbons (Fsp3) is 0.545. The van der Waals surface area contributed by atoms with Crippen molar-refractivity contribution in [1.82, 2.24) is 4.90 Å². The average Bonchev–Trinajstić information content (AvgIpc) is 3.15. The van der Waals surface area contributed by atoms with E-state index in [1.54, 1.807) is 0 Å². The van der Waals surface area contributed by atoms with Crippen LogP contribution in [0.4, 0.5) is 5.69 Å². The summed E-state index contributed by atoms with van der Waals surface area (Å²) < 4.78 is 5.71. The molecule has 0 amide bonds. The van der Waals surface area contributed by atoms with Gasteiger partial charge in [0.25, 0.3) is 0 Å². The number of aliphatic hydroxyl groups is 1. The molecule has 29 heavy (non-hydrogen) atoms. The quantitative estimate of drug-likeness (QED) is 0.468. The van der Waals surface area contributed by atoms with Gasteiger partial charge in [-0.25, -0.2) is 0 Å². The highest BCUT2D eigenvalue weighted by Gasteiger charge is 2.32. The van der Waals surface area contributed by atoms with Crippen molar-refractivity contribution in [2.75, 3.05) is 31.6 Å². The minimum Gasteiger partial charge on any atom is -0.491 e. The van der Waals surface area contributed by atoms with Crippen molar-refractivity contribution in [3.63, 3.8) is 0 Å². The molecule has 3 rings (SSSR count). The molecular formula is C22H34Br2N2O2S. The number of piperidine rings is 1. The average molecular weight is 550 g/mol. The molecule has 1 saturated heterocycles. The highest BCUT2D eigenvalue weighted by atomic mass is 79.9. The lowest BCUT2D eigenvalue weighted by Gasteiger charge is -2.39. The van der Waals surface area contributed by atoms with Crippen LogP contribution in [0.2, 0.25) is 0 Å². The molecule has 0 saturated carbocycles. The highest BCUT2D eigenvalue weighted by molar-refractivity contribution is 8.93. The van der Waals surface area contributed by atoms with Gasteiger partial charge in [-0.1, -0.05) is 6.07 Å². The molecule has 0 bridgehead atoms. The van der Waals surface area contributed by atoms with Crippen molar-refractivity contribution in [3.05, 3.63) is 46.7 Å². The van der Waals surface area contributed by atoms with Gasteiger partial charge in [0.2, 0.25) is 0 Å². The molecule has 1 aliphatic rings. The summed E-state index contributed by atoms with van der Waals surface area (Å²) in [7, 11) is 2.09. The molecule has 4 nitrogen and oxygen atoms in total. The zero-order valence-electron chi connectivity index (χ0n) is 17.5. The number of rotatable bonds is 8. The lowest BCUT2D eigenvalue weighted by molar-refractivity contribution is -0.0273. The maximum absolute atomic E-state index is 11.0. The van der Waals surface area contributed by atoms with Gasteiger partial charge in [0, 0.05) is 43.8 Å². The van der Waals surface area contributed by atoms with E-state index in [-0.39, 0.29) is 40.1 Å². The van der Waals surface area contributed by atoms with Gasteiger partial charge >= 0.3 is 0 Å². The van der Waals surface area contributed by atoms with E-state index < -0.39 is 5.60 Å². The van der Waals surface area contributed by atoms with Crippen molar-refractivity contribution in [3.8, 4) is 5.75 Å². The van der Waals surface area contributed by atoms with Crippen molar-refractivity contribution in [1.29, 1.82) is 0 Å². The fourth-order valence-electron chi connectivity index (χ4n) is 3.56. The van der Waals surface area contributed by atoms with Crippen molar-refractivity contribution in [2.24, 2.45) is 0 Å². The van der Waals surface area contributed by atoms with Gasteiger partial charge in [-0.05, 0) is 68.8 Å². The Morgan fingerprint density at radius 3 is 2.34 bits per heavy atom. The van der Waals surface area contributed by atoms with Gasteiger partial charge in [-0.2, -0.15) is 0 Å². The van der Waals surface area contributed by atoms with Gasteiger partial charge in [0.15, 0.2) is 0 Å². The monoisotopic (exact) mass is 548 g/mol. The van der Waals surface area contributed by atoms with E-state index in [0.29, 0.717) is 0 Å². The number of likely N-dealkylation sites (tertiary alicyclic amines) is 1. The summed E-state index contributed by atoms with van der Waals surface area (Å²) in [6.45, 7) is 7.88. The number of nitrogens with zero attached hydrogens (tertiary/aromatic N) is 2. The van der Waals surface area contributed by atoms with Crippen LogP contribution in [0.1, 0.15) is 38.0 Å². The minimum absolute atomic E-state index is 0. The summed E-state index contributed by atoms with van der Waals surface area (Å²) in [4.78, 5) is 6.08. The number of hydrogen-bond acceptors (Lipinski definition) is 5. The molecule has 1 aromatic heterocycles. The first-order valence-electron chi connectivity index (χ1n) is 9.88. The molecule has 0 atom stereocenters. The Bertz CT molecular complexity index is 687. The van der Waals surface area contributed by atoms with Crippen LogP contribution in [0, 0.1) is 0 Å². The predicted octanol–water partition coefficient (Wildman–Crippen LogP) is 5.54. The van der Waals surface area contributed by atoms with E-state index in [2.05, 4.69) is 46.5 Å². The number of thiophene rings is 1. The number of hydrogen-bond donors (Lipinski definition) is 1. The zero-order chi connectivity index (χ0) is 19.3. The number of halogens is 2. The molecule has 0 aliphatic carbocycles. The predicted molar refractivity (Wildman–Crippen MR) is 135 cm³/mol. The molecule has 1 aromatic carbocycles. The summed E-state index contributed by atoms with van der Waals surface area (Å²) in [5.74, 6) is 0.902. The molecule has 7 heteroatoms. The van der Waals surface area contributed by atoms with Crippen LogP contribution in [0.3, 0.4) is 0 Å². The highest BCUT2D eigenvalue weighted by Crippen LogP contribution is 2.28. The molecule has 2 aromatic rings. The van der Waals surface area contributed by atoms with Crippen LogP contribution in [0.25, 0.3) is 0 Å². The second-order valence-corrected chi connectivity index (χ2v) is 8.94. The third-order valence-corrected chi connectivity index (χ3v) is 6.17. The summed E-state index contributed by atoms with van der Waals surface area (Å²) >= 11 is 1.81. The maximum atomic E-state index is 11.0. The van der Waals surface area contributed by atoms with Crippen LogP contribution in [-0.4, -0.2) is 48.4 Å².